The van der Waals surface area contributed by atoms with Gasteiger partial charge in [0.25, 0.3) is 6.20 Å². The van der Waals surface area contributed by atoms with E-state index in [0.717, 1.165) is 0 Å². The lowest BCUT2D eigenvalue weighted by Gasteiger charge is -1.61. The zero-order valence-corrected chi connectivity index (χ0v) is 4.97. The van der Waals surface area contributed by atoms with Crippen molar-refractivity contribution in [1.82, 2.24) is 5.27 Å². The molecule has 46 valence electrons. The van der Waals surface area contributed by atoms with Gasteiger partial charge in [-0.2, -0.15) is 0 Å². The minimum Gasteiger partial charge on any atom is -1.00 e. The molecule has 0 spiro atoms. The third-order valence-electron chi connectivity index (χ3n) is 0.589. The summed E-state index contributed by atoms with van der Waals surface area (Å²) in [5.74, 6) is 0. The van der Waals surface area contributed by atoms with Crippen LogP contribution < -0.4 is 22.7 Å². The van der Waals surface area contributed by atoms with Crippen LogP contribution in [0.15, 0.2) is 15.5 Å². The Balaban J connectivity index is 0.000000490. The van der Waals surface area contributed by atoms with E-state index >= 15 is 0 Å². The van der Waals surface area contributed by atoms with Crippen LogP contribution in [0.25, 0.3) is 0 Å². The van der Waals surface area contributed by atoms with E-state index in [4.69, 9.17) is 0 Å². The average Bonchev–Trinajstić information content (AvgIpc) is 1.87. The fourth-order valence-corrected chi connectivity index (χ4v) is 0.328. The summed E-state index contributed by atoms with van der Waals surface area (Å²) in [4.78, 5) is 10.1. The van der Waals surface area contributed by atoms with E-state index in [1.807, 2.05) is 0 Å². The van der Waals surface area contributed by atoms with Crippen LogP contribution >= 0.6 is 0 Å². The maximum atomic E-state index is 10.1. The Hall–Kier alpha value is -0.770. The normalized spacial score (nSPS) is 8.12. The van der Waals surface area contributed by atoms with Gasteiger partial charge in [-0.1, -0.05) is 4.68 Å². The van der Waals surface area contributed by atoms with Gasteiger partial charge in [0.15, 0.2) is 7.05 Å². The molecule has 4 nitrogen and oxygen atoms in total. The highest BCUT2D eigenvalue weighted by molar-refractivity contribution is 4.47. The van der Waals surface area contributed by atoms with E-state index in [2.05, 4.69) is 9.79 Å². The summed E-state index contributed by atoms with van der Waals surface area (Å²) >= 11 is 0. The number of nitrogens with zero attached hydrogens (tertiary/aromatic N) is 1. The van der Waals surface area contributed by atoms with Gasteiger partial charge in [-0.25, -0.2) is 4.79 Å². The highest BCUT2D eigenvalue weighted by Crippen LogP contribution is 1.48. The molecular weight excluding hydrogens is 131 g/mol. The van der Waals surface area contributed by atoms with Crippen molar-refractivity contribution in [3.8, 4) is 0 Å². The third kappa shape index (κ3) is 1.38. The van der Waals surface area contributed by atoms with Crippen LogP contribution in [-0.2, 0) is 7.05 Å². The maximum absolute atomic E-state index is 10.1. The molecule has 1 heterocycles. The van der Waals surface area contributed by atoms with Crippen molar-refractivity contribution in [3.05, 3.63) is 16.6 Å². The lowest BCUT2D eigenvalue weighted by atomic mass is 10.9. The molecule has 1 aromatic heterocycles. The smallest absolute Gasteiger partial charge is 0.426 e. The molecule has 0 saturated heterocycles. The lowest BCUT2D eigenvalue weighted by Crippen LogP contribution is -3.00. The Labute approximate surface area is 51.5 Å². The Kier molecular flexibility index (Phi) is 2.27. The summed E-state index contributed by atoms with van der Waals surface area (Å²) < 4.78 is 5.68. The van der Waals surface area contributed by atoms with Gasteiger partial charge in [0.1, 0.15) is 0 Å². The van der Waals surface area contributed by atoms with Crippen molar-refractivity contribution in [3.63, 3.8) is 0 Å². The second-order valence-electron chi connectivity index (χ2n) is 1.25. The summed E-state index contributed by atoms with van der Waals surface area (Å²) in [5, 5.41) is 2.30. The van der Waals surface area contributed by atoms with Crippen molar-refractivity contribution < 1.29 is 21.6 Å². The van der Waals surface area contributed by atoms with E-state index in [0.29, 0.717) is 0 Å². The standard InChI is InChI=1S/C3H4N2O2.ClH/c1-5-2-3(6)7-4-5;/h2H,1H3;1H. The first-order chi connectivity index (χ1) is 3.29. The van der Waals surface area contributed by atoms with Crippen LogP contribution in [0.1, 0.15) is 0 Å². The van der Waals surface area contributed by atoms with Crippen LogP contribution in [0, 0.1) is 0 Å². The van der Waals surface area contributed by atoms with Gasteiger partial charge < -0.3 is 12.4 Å². The molecule has 0 atom stereocenters. The molecule has 0 fully saturated rings. The molecule has 0 aromatic carbocycles. The molecule has 0 amide bonds. The van der Waals surface area contributed by atoms with Gasteiger partial charge in [-0.05, 0) is 5.27 Å². The third-order valence-corrected chi connectivity index (χ3v) is 0.589. The van der Waals surface area contributed by atoms with Crippen LogP contribution in [0.4, 0.5) is 0 Å². The molecule has 0 bridgehead atoms. The van der Waals surface area contributed by atoms with Crippen molar-refractivity contribution in [1.29, 1.82) is 0 Å². The second-order valence-corrected chi connectivity index (χ2v) is 1.25. The largest absolute Gasteiger partial charge is 1.00 e. The number of halogens is 1. The molecule has 0 aliphatic heterocycles. The highest BCUT2D eigenvalue weighted by atomic mass is 35.5. The number of nitrogens with one attached hydrogen (secondary N) is 1. The minimum absolute atomic E-state index is 0. The molecule has 5 heteroatoms. The first-order valence-corrected chi connectivity index (χ1v) is 1.83. The first kappa shape index (κ1) is 7.23. The molecule has 0 saturated carbocycles. The first-order valence-electron chi connectivity index (χ1n) is 1.83. The fourth-order valence-electron chi connectivity index (χ4n) is 0.328. The Morgan fingerprint density at radius 2 is 2.50 bits per heavy atom. The van der Waals surface area contributed by atoms with Crippen LogP contribution in [0.3, 0.4) is 0 Å². The molecule has 1 N–H and O–H groups in total. The van der Waals surface area contributed by atoms with E-state index in [1.165, 1.54) is 10.9 Å². The average molecular weight is 137 g/mol. The van der Waals surface area contributed by atoms with E-state index in [9.17, 15) is 4.79 Å². The second kappa shape index (κ2) is 2.52. The molecule has 0 aliphatic rings. The number of H-pyrrole nitrogens is 1. The van der Waals surface area contributed by atoms with Crippen LogP contribution in [0.2, 0.25) is 0 Å². The van der Waals surface area contributed by atoms with Crippen molar-refractivity contribution in [2.75, 3.05) is 0 Å². The highest BCUT2D eigenvalue weighted by Gasteiger charge is 1.93. The molecule has 0 aliphatic carbocycles. The van der Waals surface area contributed by atoms with Gasteiger partial charge in [0, 0.05) is 0 Å². The van der Waals surface area contributed by atoms with Gasteiger partial charge >= 0.3 is 5.63 Å². The Bertz CT molecular complexity index is 203. The number of aromatic nitrogens is 2. The summed E-state index contributed by atoms with van der Waals surface area (Å²) in [5.41, 5.74) is -0.359. The van der Waals surface area contributed by atoms with Gasteiger partial charge in [-0.15, -0.1) is 0 Å². The minimum atomic E-state index is -0.359. The number of hydrogen-bond acceptors (Lipinski definition) is 2. The van der Waals surface area contributed by atoms with Crippen LogP contribution in [0.5, 0.6) is 0 Å². The molecular formula is C3H5ClN2O2. The van der Waals surface area contributed by atoms with E-state index < -0.39 is 0 Å². The topological polar surface area (TPSA) is 49.9 Å². The summed E-state index contributed by atoms with van der Waals surface area (Å²) in [6.07, 6.45) is 1.31. The van der Waals surface area contributed by atoms with Crippen LogP contribution in [-0.4, -0.2) is 5.27 Å². The van der Waals surface area contributed by atoms with Gasteiger partial charge in [0.2, 0.25) is 0 Å². The van der Waals surface area contributed by atoms with E-state index in [-0.39, 0.29) is 18.0 Å². The molecule has 0 radical (unpaired) electrons. The number of aromatic amines is 1. The van der Waals surface area contributed by atoms with Gasteiger partial charge in [0.05, 0.1) is 0 Å². The summed E-state index contributed by atoms with van der Waals surface area (Å²) in [6, 6.07) is 0. The molecule has 1 rings (SSSR count). The molecule has 0 unspecified atom stereocenters. The summed E-state index contributed by atoms with van der Waals surface area (Å²) in [6.45, 7) is 0. The molecule has 1 aromatic rings. The van der Waals surface area contributed by atoms with Crippen molar-refractivity contribution in [2.24, 2.45) is 7.05 Å². The van der Waals surface area contributed by atoms with E-state index in [1.54, 1.807) is 7.05 Å². The quantitative estimate of drug-likeness (QED) is 0.368. The Morgan fingerprint density at radius 3 is 2.62 bits per heavy atom. The number of hydrogen-bond donors (Lipinski definition) is 1. The predicted molar refractivity (Wildman–Crippen MR) is 20.5 cm³/mol. The zero-order valence-electron chi connectivity index (χ0n) is 4.22. The number of aryl methyl sites for hydroxylation is 1. The maximum Gasteiger partial charge on any atom is 0.426 e. The molecule has 8 heavy (non-hydrogen) atoms. The number of rotatable bonds is 0. The lowest BCUT2D eigenvalue weighted by molar-refractivity contribution is -0.739. The zero-order chi connectivity index (χ0) is 5.28. The monoisotopic (exact) mass is 136 g/mol. The Morgan fingerprint density at radius 1 is 1.88 bits per heavy atom. The summed E-state index contributed by atoms with van der Waals surface area (Å²) in [7, 11) is 1.67. The predicted octanol–water partition coefficient (Wildman–Crippen LogP) is -4.20. The van der Waals surface area contributed by atoms with Gasteiger partial charge in [-0.3, -0.25) is 4.52 Å². The fraction of sp³-hybridized carbons (Fsp3) is 0.333. The SMILES string of the molecule is C[n+]1cc(=O)o[nH]1.[Cl-]. The van der Waals surface area contributed by atoms with Crippen molar-refractivity contribution >= 4 is 0 Å². The van der Waals surface area contributed by atoms with Crippen molar-refractivity contribution in [2.45, 2.75) is 0 Å².